The lowest BCUT2D eigenvalue weighted by Gasteiger charge is -2.36. The highest BCUT2D eigenvalue weighted by molar-refractivity contribution is 7.80. The maximum Gasteiger partial charge on any atom is 0.164 e. The van der Waals surface area contributed by atoms with Crippen molar-refractivity contribution in [3.8, 4) is 5.75 Å². The Morgan fingerprint density at radius 2 is 1.71 bits per heavy atom. The Morgan fingerprint density at radius 3 is 2.18 bits per heavy atom. The average Bonchev–Trinajstić information content (AvgIpc) is 2.16. The first-order valence-corrected chi connectivity index (χ1v) is 9.60. The van der Waals surface area contributed by atoms with Crippen LogP contribution in [0.1, 0.15) is 20.8 Å². The van der Waals surface area contributed by atoms with Crippen molar-refractivity contribution in [3.63, 3.8) is 0 Å². The topological polar surface area (TPSA) is 9.23 Å². The molecule has 0 saturated carbocycles. The molecule has 3 heteroatoms. The number of benzene rings is 1. The summed E-state index contributed by atoms with van der Waals surface area (Å²) in [5, 5.41) is 1.07. The quantitative estimate of drug-likeness (QED) is 0.568. The van der Waals surface area contributed by atoms with Crippen LogP contribution < -0.4 is 4.74 Å². The molecule has 0 N–H and O–H groups in total. The van der Waals surface area contributed by atoms with Crippen molar-refractivity contribution in [2.75, 3.05) is 0 Å². The normalized spacial score (nSPS) is 12.3. The Hall–Kier alpha value is -0.673. The maximum atomic E-state index is 5.71. The van der Waals surface area contributed by atoms with Crippen LogP contribution in [0.5, 0.6) is 5.75 Å². The summed E-state index contributed by atoms with van der Waals surface area (Å²) >= 11 is 5.37. The molecule has 1 aromatic carbocycles. The van der Waals surface area contributed by atoms with E-state index >= 15 is 0 Å². The Labute approximate surface area is 111 Å². The fourth-order valence-corrected chi connectivity index (χ4v) is 3.79. The minimum atomic E-state index is -1.39. The highest BCUT2D eigenvalue weighted by Crippen LogP contribution is 2.38. The third-order valence-electron chi connectivity index (χ3n) is 3.59. The molecular weight excluding hydrogens is 244 g/mol. The zero-order chi connectivity index (χ0) is 13.1. The fraction of sp³-hybridized carbons (Fsp3) is 0.500. The first-order valence-electron chi connectivity index (χ1n) is 5.98. The first kappa shape index (κ1) is 14.4. The van der Waals surface area contributed by atoms with E-state index in [0.29, 0.717) is 5.04 Å². The van der Waals surface area contributed by atoms with Crippen molar-refractivity contribution in [1.82, 2.24) is 0 Å². The smallest absolute Gasteiger partial charge is 0.164 e. The fourth-order valence-electron chi connectivity index (χ4n) is 1.28. The van der Waals surface area contributed by atoms with Crippen LogP contribution in [0.2, 0.25) is 24.2 Å². The van der Waals surface area contributed by atoms with Crippen LogP contribution in [-0.2, 0) is 0 Å². The largest absolute Gasteiger partial charge is 0.451 e. The summed E-state index contributed by atoms with van der Waals surface area (Å²) < 4.78 is 5.71. The van der Waals surface area contributed by atoms with Crippen molar-refractivity contribution in [2.45, 2.75) is 44.9 Å². The molecular formula is C14H22OSSi. The van der Waals surface area contributed by atoms with E-state index in [1.807, 2.05) is 30.3 Å². The molecule has 0 saturated heterocycles. The van der Waals surface area contributed by atoms with Crippen LogP contribution in [0.15, 0.2) is 30.3 Å². The van der Waals surface area contributed by atoms with Gasteiger partial charge in [-0.05, 0) is 29.4 Å². The summed E-state index contributed by atoms with van der Waals surface area (Å²) in [6, 6.07) is 10.7. The third kappa shape index (κ3) is 4.24. The average molecular weight is 266 g/mol. The zero-order valence-electron chi connectivity index (χ0n) is 11.4. The Bertz CT molecular complexity index is 379. The van der Waals surface area contributed by atoms with Gasteiger partial charge in [0.2, 0.25) is 0 Å². The summed E-state index contributed by atoms with van der Waals surface area (Å²) in [6.45, 7) is 11.6. The molecule has 94 valence electrons. The molecule has 1 nitrogen and oxygen atoms in total. The van der Waals surface area contributed by atoms with Crippen LogP contribution in [0.25, 0.3) is 0 Å². The van der Waals surface area contributed by atoms with Crippen LogP contribution in [0.4, 0.5) is 0 Å². The summed E-state index contributed by atoms with van der Waals surface area (Å²) in [4.78, 5) is 0. The van der Waals surface area contributed by atoms with Gasteiger partial charge in [-0.2, -0.15) is 0 Å². The van der Waals surface area contributed by atoms with E-state index < -0.39 is 8.07 Å². The number of hydrogen-bond donors (Lipinski definition) is 0. The molecule has 0 bridgehead atoms. The monoisotopic (exact) mass is 266 g/mol. The Kier molecular flexibility index (Phi) is 4.50. The summed E-state index contributed by atoms with van der Waals surface area (Å²) in [6.07, 6.45) is 0. The molecule has 0 aliphatic heterocycles. The number of ether oxygens (including phenoxy) is 1. The van der Waals surface area contributed by atoms with Crippen LogP contribution >= 0.6 is 12.2 Å². The molecule has 1 rings (SSSR count). The molecule has 0 heterocycles. The second-order valence-corrected chi connectivity index (χ2v) is 12.2. The molecule has 0 spiro atoms. The standard InChI is InChI=1S/C14H22OSSi/c1-14(2,3)17(4,5)11-13(16)15-12-9-7-6-8-10-12/h6-10H,11H2,1-5H3. The molecule has 17 heavy (non-hydrogen) atoms. The van der Waals surface area contributed by atoms with E-state index in [4.69, 9.17) is 17.0 Å². The molecule has 0 aliphatic rings. The van der Waals surface area contributed by atoms with Crippen molar-refractivity contribution in [2.24, 2.45) is 0 Å². The van der Waals surface area contributed by atoms with Gasteiger partial charge < -0.3 is 4.74 Å². The van der Waals surface area contributed by atoms with E-state index in [1.54, 1.807) is 0 Å². The minimum absolute atomic E-state index is 0.344. The van der Waals surface area contributed by atoms with E-state index in [0.717, 1.165) is 16.8 Å². The van der Waals surface area contributed by atoms with Gasteiger partial charge in [0, 0.05) is 6.04 Å². The van der Waals surface area contributed by atoms with E-state index in [-0.39, 0.29) is 0 Å². The number of para-hydroxylation sites is 1. The van der Waals surface area contributed by atoms with Crippen molar-refractivity contribution in [1.29, 1.82) is 0 Å². The van der Waals surface area contributed by atoms with Gasteiger partial charge in [-0.1, -0.05) is 52.1 Å². The van der Waals surface area contributed by atoms with Crippen molar-refractivity contribution < 1.29 is 4.74 Å². The van der Waals surface area contributed by atoms with Crippen LogP contribution in [0, 0.1) is 0 Å². The highest BCUT2D eigenvalue weighted by Gasteiger charge is 2.36. The number of hydrogen-bond acceptors (Lipinski definition) is 2. The molecule has 0 aliphatic carbocycles. The zero-order valence-corrected chi connectivity index (χ0v) is 13.2. The molecule has 0 aromatic heterocycles. The second-order valence-electron chi connectivity index (χ2n) is 6.10. The molecule has 1 aromatic rings. The summed E-state index contributed by atoms with van der Waals surface area (Å²) in [7, 11) is -1.39. The lowest BCUT2D eigenvalue weighted by atomic mass is 10.2. The first-order chi connectivity index (χ1) is 7.72. The molecule has 0 atom stereocenters. The summed E-state index contributed by atoms with van der Waals surface area (Å²) in [5.41, 5.74) is 0. The SMILES string of the molecule is CC(C)(C)[Si](C)(C)CC(=S)Oc1ccccc1. The predicted molar refractivity (Wildman–Crippen MR) is 81.7 cm³/mol. The van der Waals surface area contributed by atoms with Gasteiger partial charge in [0.05, 0.1) is 8.07 Å². The van der Waals surface area contributed by atoms with Gasteiger partial charge in [-0.3, -0.25) is 0 Å². The second kappa shape index (κ2) is 5.32. The Balaban J connectivity index is 2.62. The highest BCUT2D eigenvalue weighted by atomic mass is 32.1. The van der Waals surface area contributed by atoms with Crippen LogP contribution in [0.3, 0.4) is 0 Å². The van der Waals surface area contributed by atoms with E-state index in [9.17, 15) is 0 Å². The molecule has 0 unspecified atom stereocenters. The van der Waals surface area contributed by atoms with Gasteiger partial charge in [-0.25, -0.2) is 0 Å². The number of thiocarbonyl (C=S) groups is 1. The van der Waals surface area contributed by atoms with Crippen LogP contribution in [-0.4, -0.2) is 13.1 Å². The lowest BCUT2D eigenvalue weighted by Crippen LogP contribution is -2.39. The van der Waals surface area contributed by atoms with E-state index in [2.05, 4.69) is 33.9 Å². The Morgan fingerprint density at radius 1 is 1.18 bits per heavy atom. The third-order valence-corrected chi connectivity index (χ3v) is 9.34. The maximum absolute atomic E-state index is 5.71. The predicted octanol–water partition coefficient (Wildman–Crippen LogP) is 4.90. The molecule has 0 amide bonds. The van der Waals surface area contributed by atoms with Gasteiger partial charge in [0.15, 0.2) is 5.05 Å². The van der Waals surface area contributed by atoms with Gasteiger partial charge in [0.1, 0.15) is 5.75 Å². The minimum Gasteiger partial charge on any atom is -0.451 e. The number of rotatable bonds is 3. The molecule has 0 radical (unpaired) electrons. The lowest BCUT2D eigenvalue weighted by molar-refractivity contribution is 0.558. The van der Waals surface area contributed by atoms with Gasteiger partial charge in [-0.15, -0.1) is 0 Å². The van der Waals surface area contributed by atoms with Gasteiger partial charge >= 0.3 is 0 Å². The van der Waals surface area contributed by atoms with E-state index in [1.165, 1.54) is 0 Å². The van der Waals surface area contributed by atoms with Gasteiger partial charge in [0.25, 0.3) is 0 Å². The van der Waals surface area contributed by atoms with Crippen molar-refractivity contribution in [3.05, 3.63) is 30.3 Å². The van der Waals surface area contributed by atoms with Crippen molar-refractivity contribution >= 4 is 25.3 Å². The summed E-state index contributed by atoms with van der Waals surface area (Å²) in [5.74, 6) is 0.844. The molecule has 0 fully saturated rings.